The molecule has 0 spiro atoms. The van der Waals surface area contributed by atoms with Crippen LogP contribution in [0, 0.1) is 19.1 Å². The van der Waals surface area contributed by atoms with Gasteiger partial charge in [0.25, 0.3) is 0 Å². The first-order chi connectivity index (χ1) is 29.1. The van der Waals surface area contributed by atoms with Crippen LogP contribution < -0.4 is 4.40 Å². The number of imidazole rings is 1. The topological polar surface area (TPSA) is 69.6 Å². The van der Waals surface area contributed by atoms with Crippen LogP contribution in [-0.2, 0) is 25.5 Å². The molecular weight excluding hydrogens is 999 g/mol. The molecule has 6 nitrogen and oxygen atoms in total. The Labute approximate surface area is 383 Å². The first-order valence-corrected chi connectivity index (χ1v) is 28.7. The molecule has 5 heterocycles. The third-order valence-corrected chi connectivity index (χ3v) is 15.6. The molecule has 0 saturated carbocycles. The van der Waals surface area contributed by atoms with Crippen molar-refractivity contribution in [2.75, 3.05) is 0 Å². The molecule has 0 N–H and O–H groups in total. The summed E-state index contributed by atoms with van der Waals surface area (Å²) in [5.41, 5.74) is 15.2. The number of fused-ring (bicyclic) bond motifs is 4. The predicted octanol–water partition coefficient (Wildman–Crippen LogP) is 13.8. The van der Waals surface area contributed by atoms with E-state index in [0.717, 1.165) is 72.7 Å². The van der Waals surface area contributed by atoms with Crippen LogP contribution >= 0.6 is 0 Å². The van der Waals surface area contributed by atoms with Gasteiger partial charge in [0.15, 0.2) is 0 Å². The number of benzene rings is 4. The summed E-state index contributed by atoms with van der Waals surface area (Å²) in [6.07, 6.45) is 5.82. The first kappa shape index (κ1) is 44.8. The van der Waals surface area contributed by atoms with Crippen molar-refractivity contribution in [3.05, 3.63) is 156 Å². The summed E-state index contributed by atoms with van der Waals surface area (Å²) in [4.78, 5) is 19.3. The maximum absolute atomic E-state index is 6.48. The maximum Gasteiger partial charge on any atom is 0.139 e. The molecule has 0 unspecified atom stereocenters. The SMILES string of the molecule is CC(C)c1cc(-c2[c-]cccc2)nc[c]1[Ge]([CH3])([CH3])[CH3].Cc1c[c-]c(-c2nc3cnc(C(C)C)cc3n2-c2ccc(-c3ccccc3)cc2C(C)(C)C)c2oc3cccnc3c12.[Ir]. The number of pyridine rings is 3. The second-order valence-corrected chi connectivity index (χ2v) is 29.3. The number of aromatic nitrogens is 5. The van der Waals surface area contributed by atoms with Gasteiger partial charge < -0.3 is 8.98 Å². The van der Waals surface area contributed by atoms with E-state index in [-0.39, 0.29) is 31.4 Å². The average molecular weight is 1050 g/mol. The van der Waals surface area contributed by atoms with E-state index in [4.69, 9.17) is 14.4 Å². The largest absolute Gasteiger partial charge is 0.499 e. The van der Waals surface area contributed by atoms with Gasteiger partial charge in [-0.25, -0.2) is 0 Å². The fourth-order valence-electron chi connectivity index (χ4n) is 8.10. The van der Waals surface area contributed by atoms with Crippen molar-refractivity contribution in [3.8, 4) is 39.5 Å². The van der Waals surface area contributed by atoms with Gasteiger partial charge in [-0.2, -0.15) is 0 Å². The van der Waals surface area contributed by atoms with Crippen molar-refractivity contribution < 1.29 is 24.5 Å². The summed E-state index contributed by atoms with van der Waals surface area (Å²) in [6.45, 7) is 17.8. The normalized spacial score (nSPS) is 12.0. The van der Waals surface area contributed by atoms with E-state index >= 15 is 0 Å². The van der Waals surface area contributed by atoms with Crippen LogP contribution in [-0.4, -0.2) is 37.8 Å². The van der Waals surface area contributed by atoms with Gasteiger partial charge in [0.2, 0.25) is 0 Å². The molecule has 5 aromatic heterocycles. The summed E-state index contributed by atoms with van der Waals surface area (Å²) in [6, 6.07) is 42.5. The van der Waals surface area contributed by atoms with Crippen molar-refractivity contribution in [1.82, 2.24) is 24.5 Å². The Morgan fingerprint density at radius 1 is 0.758 bits per heavy atom. The summed E-state index contributed by atoms with van der Waals surface area (Å²) >= 11 is -1.85. The Kier molecular flexibility index (Phi) is 12.9. The van der Waals surface area contributed by atoms with Gasteiger partial charge in [-0.3, -0.25) is 15.0 Å². The van der Waals surface area contributed by atoms with Gasteiger partial charge in [-0.1, -0.05) is 83.5 Å². The van der Waals surface area contributed by atoms with Gasteiger partial charge in [0.1, 0.15) is 5.58 Å². The van der Waals surface area contributed by atoms with Crippen LogP contribution in [0.2, 0.25) is 17.3 Å². The maximum atomic E-state index is 6.48. The minimum Gasteiger partial charge on any atom is -0.499 e. The van der Waals surface area contributed by atoms with Crippen LogP contribution in [0.4, 0.5) is 0 Å². The standard InChI is InChI=1S/C37H33N4O.C17H22GeN.Ir/c1-22(2)28-20-31-29(21-39-28)40-36(26-16-14-23(3)33-34-32(42-35(26)33)13-10-18-38-34)41(31)30-17-15-25(19-27(30)37(4,5)6)24-11-8-7-9-12-24;1-13(2)15-11-17(14-9-7-6-8-10-14)19-12-16(15)18(3,4)5;/h7-15,17-22H,1-6H3;6-9,11-13H,1-5H3;/q2*-1;. The monoisotopic (exact) mass is 1060 g/mol. The predicted molar refractivity (Wildman–Crippen MR) is 257 cm³/mol. The Hall–Kier alpha value is -5.21. The molecule has 8 heteroatoms. The van der Waals surface area contributed by atoms with Crippen molar-refractivity contribution in [2.24, 2.45) is 0 Å². The molecule has 0 aliphatic rings. The summed E-state index contributed by atoms with van der Waals surface area (Å²) in [7, 11) is 0. The van der Waals surface area contributed by atoms with Gasteiger partial charge in [-0.15, -0.1) is 17.7 Å². The molecule has 4 aromatic carbocycles. The molecule has 9 rings (SSSR count). The van der Waals surface area contributed by atoms with Crippen molar-refractivity contribution in [3.63, 3.8) is 0 Å². The van der Waals surface area contributed by atoms with Crippen molar-refractivity contribution in [2.45, 2.75) is 89.9 Å². The second-order valence-electron chi connectivity index (χ2n) is 18.7. The molecule has 0 aliphatic carbocycles. The van der Waals surface area contributed by atoms with Crippen molar-refractivity contribution in [1.29, 1.82) is 0 Å². The van der Waals surface area contributed by atoms with Crippen LogP contribution in [0.15, 0.2) is 126 Å². The molecule has 0 aliphatic heterocycles. The van der Waals surface area contributed by atoms with E-state index in [9.17, 15) is 0 Å². The number of hydrogen-bond donors (Lipinski definition) is 0. The minimum absolute atomic E-state index is 0. The van der Waals surface area contributed by atoms with Crippen LogP contribution in [0.3, 0.4) is 0 Å². The molecule has 0 atom stereocenters. The fraction of sp³-hybridized carbons (Fsp3) is 0.259. The number of hydrogen-bond acceptors (Lipinski definition) is 5. The van der Waals surface area contributed by atoms with E-state index in [1.165, 1.54) is 26.6 Å². The van der Waals surface area contributed by atoms with Gasteiger partial charge in [0, 0.05) is 37.7 Å². The average Bonchev–Trinajstić information content (AvgIpc) is 3.83. The van der Waals surface area contributed by atoms with Gasteiger partial charge >= 0.3 is 119 Å². The molecule has 0 saturated heterocycles. The molecule has 62 heavy (non-hydrogen) atoms. The van der Waals surface area contributed by atoms with E-state index < -0.39 is 13.3 Å². The smallest absolute Gasteiger partial charge is 0.139 e. The zero-order valence-electron chi connectivity index (χ0n) is 37.7. The molecule has 0 amide bonds. The molecule has 1 radical (unpaired) electrons. The third kappa shape index (κ3) is 8.86. The van der Waals surface area contributed by atoms with E-state index in [0.29, 0.717) is 5.92 Å². The van der Waals surface area contributed by atoms with Crippen LogP contribution in [0.1, 0.15) is 82.7 Å². The minimum atomic E-state index is -1.85. The van der Waals surface area contributed by atoms with Gasteiger partial charge in [-0.05, 0) is 63.7 Å². The molecular formula is C54H55GeIrN5O-2. The van der Waals surface area contributed by atoms with E-state index in [1.807, 2.05) is 48.8 Å². The second kappa shape index (κ2) is 17.9. The van der Waals surface area contributed by atoms with Crippen LogP contribution in [0.25, 0.3) is 72.6 Å². The van der Waals surface area contributed by atoms with Gasteiger partial charge in [0.05, 0.1) is 34.2 Å². The number of furan rings is 1. The number of aryl methyl sites for hydroxylation is 1. The number of rotatable bonds is 7. The summed E-state index contributed by atoms with van der Waals surface area (Å²) in [5, 5.41) is 0.995. The molecule has 317 valence electrons. The Balaban J connectivity index is 0.000000244. The van der Waals surface area contributed by atoms with E-state index in [1.54, 1.807) is 0 Å². The summed E-state index contributed by atoms with van der Waals surface area (Å²) in [5.74, 6) is 8.88. The molecule has 0 fully saturated rings. The zero-order chi connectivity index (χ0) is 43.2. The fourth-order valence-corrected chi connectivity index (χ4v) is 11.6. The molecule has 9 aromatic rings. The zero-order valence-corrected chi connectivity index (χ0v) is 42.2. The number of nitrogens with zero attached hydrogens (tertiary/aromatic N) is 5. The summed E-state index contributed by atoms with van der Waals surface area (Å²) < 4.78 is 10.3. The molecule has 0 bridgehead atoms. The van der Waals surface area contributed by atoms with E-state index in [2.05, 4.69) is 172 Å². The third-order valence-electron chi connectivity index (χ3n) is 11.4. The van der Waals surface area contributed by atoms with Crippen LogP contribution in [0.5, 0.6) is 0 Å². The first-order valence-electron chi connectivity index (χ1n) is 21.3. The Bertz CT molecular complexity index is 3010. The Morgan fingerprint density at radius 3 is 2.19 bits per heavy atom. The van der Waals surface area contributed by atoms with Crippen molar-refractivity contribution >= 4 is 50.8 Å². The quantitative estimate of drug-likeness (QED) is 0.117. The Morgan fingerprint density at radius 2 is 1.52 bits per heavy atom.